The van der Waals surface area contributed by atoms with Crippen molar-refractivity contribution in [2.75, 3.05) is 0 Å². The Labute approximate surface area is 144 Å². The van der Waals surface area contributed by atoms with Crippen molar-refractivity contribution >= 4 is 0 Å². The quantitative estimate of drug-likeness (QED) is 0.546. The molecule has 0 radical (unpaired) electrons. The lowest BCUT2D eigenvalue weighted by Crippen LogP contribution is -2.62. The van der Waals surface area contributed by atoms with Crippen LogP contribution in [0.2, 0.25) is 0 Å². The molecule has 2 unspecified atom stereocenters. The van der Waals surface area contributed by atoms with Crippen molar-refractivity contribution in [3.63, 3.8) is 0 Å². The van der Waals surface area contributed by atoms with E-state index in [-0.39, 0.29) is 11.1 Å². The predicted octanol–water partition coefficient (Wildman–Crippen LogP) is 2.09. The third kappa shape index (κ3) is 2.65. The summed E-state index contributed by atoms with van der Waals surface area (Å²) in [5.41, 5.74) is 4.92. The second-order valence-corrected chi connectivity index (χ2v) is 11.0. The maximum Gasteiger partial charge on any atom is 0.0680 e. The minimum atomic E-state index is -0.487. The van der Waals surface area contributed by atoms with Gasteiger partial charge in [0.05, 0.1) is 16.8 Å². The molecule has 8 aliphatic rings. The minimum Gasteiger partial charge on any atom is -0.390 e. The number of hydrogen-bond acceptors (Lipinski definition) is 4. The summed E-state index contributed by atoms with van der Waals surface area (Å²) in [5.74, 6) is 2.70. The second-order valence-electron chi connectivity index (χ2n) is 11.0. The molecule has 8 rings (SSSR count). The lowest BCUT2D eigenvalue weighted by Gasteiger charge is -2.58. The van der Waals surface area contributed by atoms with Gasteiger partial charge < -0.3 is 21.1 Å². The molecule has 24 heavy (non-hydrogen) atoms. The zero-order valence-corrected chi connectivity index (χ0v) is 14.7. The zero-order chi connectivity index (χ0) is 16.8. The van der Waals surface area contributed by atoms with Gasteiger partial charge >= 0.3 is 0 Å². The van der Waals surface area contributed by atoms with Crippen LogP contribution in [-0.2, 0) is 0 Å². The Morgan fingerprint density at radius 2 is 0.875 bits per heavy atom. The molecular weight excluding hydrogens is 302 g/mol. The van der Waals surface area contributed by atoms with Crippen molar-refractivity contribution in [1.82, 2.24) is 0 Å². The maximum absolute atomic E-state index is 10.2. The van der Waals surface area contributed by atoms with E-state index in [0.717, 1.165) is 56.8 Å². The molecule has 0 aromatic rings. The smallest absolute Gasteiger partial charge is 0.0680 e. The molecule has 136 valence electrons. The normalized spacial score (nSPS) is 62.5. The molecule has 4 heteroatoms. The first-order valence-corrected chi connectivity index (χ1v) is 10.1. The van der Waals surface area contributed by atoms with Gasteiger partial charge in [-0.2, -0.15) is 0 Å². The average Bonchev–Trinajstić information content (AvgIpc) is 2.29. The van der Waals surface area contributed by atoms with Gasteiger partial charge in [-0.15, -0.1) is 0 Å². The summed E-state index contributed by atoms with van der Waals surface area (Å²) in [4.78, 5) is 0. The van der Waals surface area contributed by atoms with Crippen LogP contribution in [0.1, 0.15) is 77.0 Å². The molecule has 5 N–H and O–H groups in total. The summed E-state index contributed by atoms with van der Waals surface area (Å²) >= 11 is 0. The first-order valence-electron chi connectivity index (χ1n) is 10.1. The fourth-order valence-corrected chi connectivity index (χ4v) is 8.45. The summed E-state index contributed by atoms with van der Waals surface area (Å²) in [6.45, 7) is 0. The van der Waals surface area contributed by atoms with Gasteiger partial charge in [-0.05, 0) is 94.3 Å². The molecular formula is C20H33NO3. The van der Waals surface area contributed by atoms with E-state index >= 15 is 0 Å². The molecule has 4 nitrogen and oxygen atoms in total. The van der Waals surface area contributed by atoms with Gasteiger partial charge in [0.2, 0.25) is 0 Å². The topological polar surface area (TPSA) is 86.7 Å². The highest BCUT2D eigenvalue weighted by atomic mass is 16.3. The van der Waals surface area contributed by atoms with Crippen LogP contribution in [0.5, 0.6) is 0 Å². The number of rotatable bonds is 0. The SMILES string of the molecule is NC12CC3CC(C1)CC(O)(C3)C2.OC12CC3CC(C1)CC(O)(C3)C2. The third-order valence-electron chi connectivity index (χ3n) is 8.07. The van der Waals surface area contributed by atoms with Crippen LogP contribution in [0, 0.1) is 23.7 Å². The Balaban J connectivity index is 0.000000109. The molecule has 0 aliphatic heterocycles. The van der Waals surface area contributed by atoms with Gasteiger partial charge in [0.25, 0.3) is 0 Å². The minimum absolute atomic E-state index is 0.0127. The Bertz CT molecular complexity index is 431. The van der Waals surface area contributed by atoms with Crippen molar-refractivity contribution < 1.29 is 15.3 Å². The Morgan fingerprint density at radius 3 is 1.17 bits per heavy atom. The van der Waals surface area contributed by atoms with E-state index in [2.05, 4.69) is 0 Å². The third-order valence-corrected chi connectivity index (χ3v) is 8.07. The molecule has 8 bridgehead atoms. The van der Waals surface area contributed by atoms with Gasteiger partial charge in [-0.25, -0.2) is 0 Å². The van der Waals surface area contributed by atoms with E-state index in [4.69, 9.17) is 5.73 Å². The highest BCUT2D eigenvalue weighted by Crippen LogP contribution is 2.58. The molecule has 8 fully saturated rings. The van der Waals surface area contributed by atoms with E-state index in [0.29, 0.717) is 18.3 Å². The molecule has 0 aromatic heterocycles. The van der Waals surface area contributed by atoms with Gasteiger partial charge in [0, 0.05) is 12.0 Å². The van der Waals surface area contributed by atoms with E-state index in [1.54, 1.807) is 0 Å². The summed E-state index contributed by atoms with van der Waals surface area (Å²) in [6.07, 6.45) is 12.3. The molecule has 0 spiro atoms. The monoisotopic (exact) mass is 335 g/mol. The second kappa shape index (κ2) is 4.76. The van der Waals surface area contributed by atoms with Gasteiger partial charge in [-0.3, -0.25) is 0 Å². The first-order chi connectivity index (χ1) is 11.1. The Hall–Kier alpha value is -0.160. The molecule has 2 atom stereocenters. The van der Waals surface area contributed by atoms with Crippen LogP contribution in [0.4, 0.5) is 0 Å². The van der Waals surface area contributed by atoms with Gasteiger partial charge in [-0.1, -0.05) is 0 Å². The zero-order valence-electron chi connectivity index (χ0n) is 14.7. The van der Waals surface area contributed by atoms with Crippen molar-refractivity contribution in [1.29, 1.82) is 0 Å². The van der Waals surface area contributed by atoms with Crippen molar-refractivity contribution in [2.24, 2.45) is 29.4 Å². The van der Waals surface area contributed by atoms with Gasteiger partial charge in [0.15, 0.2) is 0 Å². The van der Waals surface area contributed by atoms with Crippen LogP contribution in [-0.4, -0.2) is 37.7 Å². The van der Waals surface area contributed by atoms with E-state index < -0.39 is 11.2 Å². The fraction of sp³-hybridized carbons (Fsp3) is 1.00. The molecule has 0 aromatic carbocycles. The lowest BCUT2D eigenvalue weighted by atomic mass is 9.51. The van der Waals surface area contributed by atoms with E-state index in [1.807, 2.05) is 0 Å². The van der Waals surface area contributed by atoms with Crippen molar-refractivity contribution in [3.8, 4) is 0 Å². The van der Waals surface area contributed by atoms with Gasteiger partial charge in [0.1, 0.15) is 0 Å². The van der Waals surface area contributed by atoms with Crippen LogP contribution in [0.25, 0.3) is 0 Å². The maximum atomic E-state index is 10.2. The highest BCUT2D eigenvalue weighted by Gasteiger charge is 2.57. The fourth-order valence-electron chi connectivity index (χ4n) is 8.45. The molecule has 0 heterocycles. The highest BCUT2D eigenvalue weighted by molar-refractivity contribution is 5.11. The largest absolute Gasteiger partial charge is 0.390 e. The Morgan fingerprint density at radius 1 is 0.542 bits per heavy atom. The first kappa shape index (κ1) is 16.0. The number of nitrogens with two attached hydrogens (primary N) is 1. The van der Waals surface area contributed by atoms with Crippen LogP contribution >= 0.6 is 0 Å². The molecule has 0 amide bonds. The van der Waals surface area contributed by atoms with Crippen molar-refractivity contribution in [2.45, 2.75) is 99.4 Å². The number of hydrogen-bond donors (Lipinski definition) is 4. The average molecular weight is 335 g/mol. The Kier molecular flexibility index (Phi) is 3.18. The molecule has 8 aliphatic carbocycles. The van der Waals surface area contributed by atoms with Crippen LogP contribution in [0.3, 0.4) is 0 Å². The van der Waals surface area contributed by atoms with Crippen LogP contribution < -0.4 is 5.73 Å². The summed E-state index contributed by atoms with van der Waals surface area (Å²) < 4.78 is 0. The summed E-state index contributed by atoms with van der Waals surface area (Å²) in [7, 11) is 0. The van der Waals surface area contributed by atoms with Crippen LogP contribution in [0.15, 0.2) is 0 Å². The number of aliphatic hydroxyl groups is 3. The predicted molar refractivity (Wildman–Crippen MR) is 91.1 cm³/mol. The summed E-state index contributed by atoms with van der Waals surface area (Å²) in [5, 5.41) is 30.4. The standard InChI is InChI=1S/C10H17NO.C10H16O2/c11-9-2-7-1-8(3-9)5-10(12,4-7)6-9;11-9-2-7-1-8(4-9)5-10(12,3-7)6-9/h7-8,12H,1-6,11H2;7-8,11-12H,1-6H2. The molecule has 8 saturated carbocycles. The van der Waals surface area contributed by atoms with E-state index in [1.165, 1.54) is 25.7 Å². The lowest BCUT2D eigenvalue weighted by molar-refractivity contribution is -0.198. The molecule has 0 saturated heterocycles. The summed E-state index contributed by atoms with van der Waals surface area (Å²) in [6, 6.07) is 0. The van der Waals surface area contributed by atoms with E-state index in [9.17, 15) is 15.3 Å². The van der Waals surface area contributed by atoms with Crippen molar-refractivity contribution in [3.05, 3.63) is 0 Å².